The van der Waals surface area contributed by atoms with E-state index in [0.717, 1.165) is 31.4 Å². The number of piperidine rings is 1. The van der Waals surface area contributed by atoms with E-state index in [1.165, 1.54) is 13.2 Å². The number of methoxy groups -OCH3 is 1. The van der Waals surface area contributed by atoms with Gasteiger partial charge >= 0.3 is 18.1 Å². The minimum atomic E-state index is -4.63. The maximum Gasteiger partial charge on any atom is 0.417 e. The van der Waals surface area contributed by atoms with Crippen LogP contribution in [0, 0.1) is 5.41 Å². The van der Waals surface area contributed by atoms with Crippen LogP contribution in [-0.2, 0) is 25.3 Å². The summed E-state index contributed by atoms with van der Waals surface area (Å²) < 4.78 is 44.1. The van der Waals surface area contributed by atoms with E-state index in [1.54, 1.807) is 9.80 Å². The first-order valence-corrected chi connectivity index (χ1v) is 12.8. The molecule has 1 spiro atoms. The molecule has 9 nitrogen and oxygen atoms in total. The van der Waals surface area contributed by atoms with Gasteiger partial charge in [0.1, 0.15) is 6.04 Å². The van der Waals surface area contributed by atoms with Crippen LogP contribution in [0.15, 0.2) is 18.2 Å². The number of benzene rings is 1. The number of halogens is 4. The minimum Gasteiger partial charge on any atom is -0.481 e. The van der Waals surface area contributed by atoms with Crippen LogP contribution < -0.4 is 10.2 Å². The van der Waals surface area contributed by atoms with E-state index in [-0.39, 0.29) is 56.8 Å². The second-order valence-corrected chi connectivity index (χ2v) is 10.2. The molecule has 13 heteroatoms. The van der Waals surface area contributed by atoms with Gasteiger partial charge in [0.25, 0.3) is 0 Å². The fourth-order valence-electron chi connectivity index (χ4n) is 4.76. The third kappa shape index (κ3) is 7.73. The van der Waals surface area contributed by atoms with Crippen LogP contribution in [0.5, 0.6) is 0 Å². The number of carboxylic acids is 1. The van der Waals surface area contributed by atoms with Gasteiger partial charge in [0.2, 0.25) is 5.91 Å². The lowest BCUT2D eigenvalue weighted by Crippen LogP contribution is -2.48. The Labute approximate surface area is 223 Å². The van der Waals surface area contributed by atoms with Crippen molar-refractivity contribution < 1.29 is 42.5 Å². The zero-order valence-electron chi connectivity index (χ0n) is 21.1. The Morgan fingerprint density at radius 3 is 2.50 bits per heavy atom. The van der Waals surface area contributed by atoms with E-state index in [2.05, 4.69) is 5.32 Å². The zero-order valence-corrected chi connectivity index (χ0v) is 21.9. The van der Waals surface area contributed by atoms with Gasteiger partial charge in [-0.2, -0.15) is 13.2 Å². The monoisotopic (exact) mass is 563 g/mol. The predicted molar refractivity (Wildman–Crippen MR) is 133 cm³/mol. The van der Waals surface area contributed by atoms with Crippen molar-refractivity contribution in [2.24, 2.45) is 5.41 Å². The normalized spacial score (nSPS) is 19.2. The number of esters is 1. The van der Waals surface area contributed by atoms with E-state index in [4.69, 9.17) is 21.4 Å². The van der Waals surface area contributed by atoms with E-state index in [9.17, 15) is 32.7 Å². The Morgan fingerprint density at radius 1 is 1.24 bits per heavy atom. The maximum absolute atomic E-state index is 13.1. The molecule has 0 aromatic heterocycles. The van der Waals surface area contributed by atoms with Crippen LogP contribution in [0.3, 0.4) is 0 Å². The Bertz CT molecular complexity index is 1020. The molecular weight excluding hydrogens is 531 g/mol. The Balaban J connectivity index is 1.58. The number of rotatable bonds is 12. The Kier molecular flexibility index (Phi) is 9.88. The van der Waals surface area contributed by atoms with E-state index in [1.807, 2.05) is 0 Å². The number of carbonyl (C=O) groups excluding carboxylic acids is 2. The smallest absolute Gasteiger partial charge is 0.417 e. The summed E-state index contributed by atoms with van der Waals surface area (Å²) in [6, 6.07) is 2.35. The number of hydrogen-bond acceptors (Lipinski definition) is 7. The number of hydrogen-bond donors (Lipinski definition) is 3. The van der Waals surface area contributed by atoms with Crippen molar-refractivity contribution >= 4 is 35.1 Å². The molecule has 1 saturated heterocycles. The van der Waals surface area contributed by atoms with E-state index < -0.39 is 40.8 Å². The summed E-state index contributed by atoms with van der Waals surface area (Å²) in [5.74, 6) is -1.83. The van der Waals surface area contributed by atoms with Crippen LogP contribution in [0.2, 0.25) is 5.02 Å². The Morgan fingerprint density at radius 2 is 1.95 bits per heavy atom. The highest BCUT2D eigenvalue weighted by molar-refractivity contribution is 6.31. The summed E-state index contributed by atoms with van der Waals surface area (Å²) in [7, 11) is 1.22. The van der Waals surface area contributed by atoms with Gasteiger partial charge in [0.05, 0.1) is 30.2 Å². The number of aliphatic carboxylic acids is 1. The molecular formula is C25H33ClF3N3O6. The molecule has 2 aliphatic rings. The molecule has 1 aromatic rings. The molecule has 0 radical (unpaired) electrons. The highest BCUT2D eigenvalue weighted by Gasteiger charge is 2.51. The van der Waals surface area contributed by atoms with Crippen molar-refractivity contribution in [1.29, 1.82) is 0 Å². The minimum absolute atomic E-state index is 0.00113. The van der Waals surface area contributed by atoms with E-state index in [0.29, 0.717) is 12.2 Å². The highest BCUT2D eigenvalue weighted by Crippen LogP contribution is 2.53. The number of alkyl halides is 3. The molecule has 2 atom stereocenters. The molecule has 3 N–H and O–H groups in total. The summed E-state index contributed by atoms with van der Waals surface area (Å²) >= 11 is 5.84. The van der Waals surface area contributed by atoms with Gasteiger partial charge in [-0.15, -0.1) is 0 Å². The van der Waals surface area contributed by atoms with Gasteiger partial charge in [0.15, 0.2) is 0 Å². The van der Waals surface area contributed by atoms with Crippen LogP contribution in [-0.4, -0.2) is 84.9 Å². The van der Waals surface area contributed by atoms with Crippen LogP contribution in [0.25, 0.3) is 0 Å². The fraction of sp³-hybridized carbons (Fsp3) is 0.640. The molecule has 1 aliphatic heterocycles. The molecule has 1 aliphatic carbocycles. The number of anilines is 1. The largest absolute Gasteiger partial charge is 0.481 e. The first kappa shape index (κ1) is 30.0. The van der Waals surface area contributed by atoms with Crippen molar-refractivity contribution in [2.75, 3.05) is 44.7 Å². The molecule has 2 fully saturated rings. The van der Waals surface area contributed by atoms with Gasteiger partial charge in [0, 0.05) is 44.8 Å². The highest BCUT2D eigenvalue weighted by atomic mass is 35.5. The summed E-state index contributed by atoms with van der Waals surface area (Å²) in [6.45, 7) is 1.15. The van der Waals surface area contributed by atoms with Gasteiger partial charge in [-0.3, -0.25) is 14.4 Å². The topological polar surface area (TPSA) is 119 Å². The standard InChI is InChI=1S/C25H33ClF3N3O6/c1-38-23(37)19(4-5-21(34)32-12-9-24(7-8-24)20(33)15-32)30-10-13-31(11-6-22(35)36)16-2-3-17(18(26)14-16)25(27,28)29/h2-3,14,19-20,30,33H,4-13,15H2,1H3,(H,35,36). The first-order chi connectivity index (χ1) is 17.9. The van der Waals surface area contributed by atoms with Crippen molar-refractivity contribution in [2.45, 2.75) is 56.8 Å². The molecule has 1 aromatic carbocycles. The number of aliphatic hydroxyl groups is 1. The van der Waals surface area contributed by atoms with Gasteiger partial charge in [-0.05, 0) is 49.3 Å². The summed E-state index contributed by atoms with van der Waals surface area (Å²) in [6.07, 6.45) is -2.51. The van der Waals surface area contributed by atoms with Crippen LogP contribution >= 0.6 is 11.6 Å². The molecule has 1 saturated carbocycles. The number of nitrogens with zero attached hydrogens (tertiary/aromatic N) is 2. The third-order valence-corrected chi connectivity index (χ3v) is 7.66. The van der Waals surface area contributed by atoms with Gasteiger partial charge < -0.3 is 30.1 Å². The summed E-state index contributed by atoms with van der Waals surface area (Å²) in [4.78, 5) is 39.3. The molecule has 3 rings (SSSR count). The molecule has 2 unspecified atom stereocenters. The lowest BCUT2D eigenvalue weighted by molar-refractivity contribution is -0.144. The van der Waals surface area contributed by atoms with Crippen molar-refractivity contribution in [1.82, 2.24) is 10.2 Å². The first-order valence-electron chi connectivity index (χ1n) is 12.5. The number of likely N-dealkylation sites (tertiary alicyclic amines) is 1. The lowest BCUT2D eigenvalue weighted by atomic mass is 9.90. The average Bonchev–Trinajstić information content (AvgIpc) is 3.63. The van der Waals surface area contributed by atoms with Crippen LogP contribution in [0.4, 0.5) is 18.9 Å². The van der Waals surface area contributed by atoms with Crippen LogP contribution in [0.1, 0.15) is 44.1 Å². The van der Waals surface area contributed by atoms with Crippen molar-refractivity contribution in [3.05, 3.63) is 28.8 Å². The SMILES string of the molecule is COC(=O)C(CCC(=O)N1CCC2(CC2)C(O)C1)NCCN(CCC(=O)O)c1ccc(C(F)(F)F)c(Cl)c1. The van der Waals surface area contributed by atoms with E-state index >= 15 is 0 Å². The number of carbonyl (C=O) groups is 3. The molecule has 1 heterocycles. The van der Waals surface area contributed by atoms with Crippen molar-refractivity contribution in [3.8, 4) is 0 Å². The molecule has 212 valence electrons. The molecule has 38 heavy (non-hydrogen) atoms. The summed E-state index contributed by atoms with van der Waals surface area (Å²) in [5, 5.41) is 21.9. The number of carboxylic acid groups (broad SMARTS) is 1. The molecule has 1 amide bonds. The molecule has 0 bridgehead atoms. The average molecular weight is 564 g/mol. The third-order valence-electron chi connectivity index (χ3n) is 7.35. The second kappa shape index (κ2) is 12.5. The quantitative estimate of drug-likeness (QED) is 0.332. The predicted octanol–water partition coefficient (Wildman–Crippen LogP) is 2.92. The number of amides is 1. The van der Waals surface area contributed by atoms with Crippen molar-refractivity contribution in [3.63, 3.8) is 0 Å². The fourth-order valence-corrected chi connectivity index (χ4v) is 5.05. The number of nitrogens with one attached hydrogen (secondary N) is 1. The Hall–Kier alpha value is -2.57. The lowest BCUT2D eigenvalue weighted by Gasteiger charge is -2.36. The van der Waals surface area contributed by atoms with Gasteiger partial charge in [-0.25, -0.2) is 0 Å². The number of aliphatic hydroxyl groups excluding tert-OH is 1. The maximum atomic E-state index is 13.1. The van der Waals surface area contributed by atoms with Gasteiger partial charge in [-0.1, -0.05) is 11.6 Å². The second-order valence-electron chi connectivity index (χ2n) is 9.83. The number of β-amino-alcohol motifs (C(OH)–C–C–N with tert-alkyl or cyclic N) is 1. The number of ether oxygens (including phenoxy) is 1. The zero-order chi connectivity index (χ0) is 28.1. The summed E-state index contributed by atoms with van der Waals surface area (Å²) in [5.41, 5.74) is -0.729.